The van der Waals surface area contributed by atoms with Crippen LogP contribution in [0.25, 0.3) is 33.4 Å². The smallest absolute Gasteiger partial charge is 0.336 e. The number of nitrogens with one attached hydrogen (secondary N) is 1. The first-order valence-corrected chi connectivity index (χ1v) is 11.5. The minimum absolute atomic E-state index is 0.286. The van der Waals surface area contributed by atoms with E-state index in [-0.39, 0.29) is 5.56 Å². The van der Waals surface area contributed by atoms with E-state index in [0.29, 0.717) is 23.5 Å². The molecule has 0 saturated heterocycles. The number of fused-ring (bicyclic) bond motifs is 2. The molecule has 0 radical (unpaired) electrons. The monoisotopic (exact) mass is 442 g/mol. The van der Waals surface area contributed by atoms with Gasteiger partial charge in [-0.3, -0.25) is 4.99 Å². The van der Waals surface area contributed by atoms with Gasteiger partial charge in [-0.15, -0.1) is 0 Å². The fraction of sp³-hybridized carbons (Fsp3) is 0.286. The number of nitrogens with zero attached hydrogens (tertiary/aromatic N) is 1. The second-order valence-electron chi connectivity index (χ2n) is 8.32. The lowest BCUT2D eigenvalue weighted by atomic mass is 9.88. The van der Waals surface area contributed by atoms with E-state index >= 15 is 0 Å². The summed E-state index contributed by atoms with van der Waals surface area (Å²) in [5.74, 6) is -0.245. The lowest BCUT2D eigenvalue weighted by Gasteiger charge is -2.20. The molecule has 33 heavy (non-hydrogen) atoms. The molecule has 2 aliphatic rings. The molecule has 0 amide bonds. The van der Waals surface area contributed by atoms with Gasteiger partial charge in [0.25, 0.3) is 0 Å². The van der Waals surface area contributed by atoms with Crippen LogP contribution in [-0.2, 0) is 6.42 Å². The lowest BCUT2D eigenvalue weighted by molar-refractivity contribution is 0.0697. The maximum atomic E-state index is 12.2. The van der Waals surface area contributed by atoms with Gasteiger partial charge in [0.15, 0.2) is 0 Å². The van der Waals surface area contributed by atoms with Crippen LogP contribution in [0.4, 0.5) is 5.69 Å². The molecular weight excluding hydrogens is 412 g/mol. The molecule has 0 atom stereocenters. The minimum Gasteiger partial charge on any atom is -0.478 e. The van der Waals surface area contributed by atoms with E-state index in [2.05, 4.69) is 43.2 Å². The maximum absolute atomic E-state index is 12.2. The van der Waals surface area contributed by atoms with Crippen molar-refractivity contribution >= 4 is 22.6 Å². The molecule has 0 bridgehead atoms. The van der Waals surface area contributed by atoms with Gasteiger partial charge in [0.1, 0.15) is 11.3 Å². The summed E-state index contributed by atoms with van der Waals surface area (Å²) in [6.07, 6.45) is 0.822. The zero-order valence-electron chi connectivity index (χ0n) is 19.9. The highest BCUT2D eigenvalue weighted by molar-refractivity contribution is 6.08. The highest BCUT2D eigenvalue weighted by atomic mass is 16.4. The van der Waals surface area contributed by atoms with Crippen molar-refractivity contribution in [3.8, 4) is 22.5 Å². The van der Waals surface area contributed by atoms with Crippen molar-refractivity contribution in [2.75, 3.05) is 18.4 Å². The summed E-state index contributed by atoms with van der Waals surface area (Å²) in [6.45, 7) is 11.7. The Balaban J connectivity index is 2.22. The largest absolute Gasteiger partial charge is 0.478 e. The molecular formula is C28H30N2O3. The molecule has 0 spiro atoms. The Labute approximate surface area is 194 Å². The number of hydrogen-bond donors (Lipinski definition) is 2. The summed E-state index contributed by atoms with van der Waals surface area (Å²) < 4.78 is 6.40. The Morgan fingerprint density at radius 3 is 2.45 bits per heavy atom. The fourth-order valence-corrected chi connectivity index (χ4v) is 4.40. The van der Waals surface area contributed by atoms with Crippen LogP contribution in [-0.4, -0.2) is 24.2 Å². The number of aryl methyl sites for hydroxylation is 3. The number of carboxylic acids is 1. The molecule has 2 N–H and O–H groups in total. The molecule has 1 heterocycles. The van der Waals surface area contributed by atoms with Crippen molar-refractivity contribution in [3.05, 3.63) is 70.1 Å². The summed E-state index contributed by atoms with van der Waals surface area (Å²) in [4.78, 5) is 16.8. The summed E-state index contributed by atoms with van der Waals surface area (Å²) >= 11 is 0. The van der Waals surface area contributed by atoms with Crippen molar-refractivity contribution in [1.29, 1.82) is 0 Å². The normalized spacial score (nSPS) is 12.0. The number of carboxylic acid groups (broad SMARTS) is 1. The Kier molecular flexibility index (Phi) is 6.23. The molecule has 0 fully saturated rings. The highest BCUT2D eigenvalue weighted by Crippen LogP contribution is 2.43. The quantitative estimate of drug-likeness (QED) is 0.337. The number of hydrogen-bond acceptors (Lipinski definition) is 4. The second-order valence-corrected chi connectivity index (χ2v) is 8.32. The van der Waals surface area contributed by atoms with Crippen LogP contribution < -0.4 is 10.7 Å². The first-order valence-electron chi connectivity index (χ1n) is 11.5. The van der Waals surface area contributed by atoms with E-state index in [1.807, 2.05) is 38.1 Å². The molecule has 0 aromatic heterocycles. The van der Waals surface area contributed by atoms with Crippen molar-refractivity contribution in [3.63, 3.8) is 0 Å². The predicted octanol–water partition coefficient (Wildman–Crippen LogP) is 6.43. The Morgan fingerprint density at radius 1 is 1.00 bits per heavy atom. The van der Waals surface area contributed by atoms with Gasteiger partial charge in [0, 0.05) is 47.4 Å². The van der Waals surface area contributed by atoms with Gasteiger partial charge in [0.05, 0.1) is 10.9 Å². The summed E-state index contributed by atoms with van der Waals surface area (Å²) in [5, 5.41) is 15.2. The SMILES string of the molecule is CCN=c1cc2oc3cc(NCC)c(C)cc3c(-c3cc(CC)ccc3C(=O)O)c-2cc1C. The van der Waals surface area contributed by atoms with Crippen molar-refractivity contribution in [1.82, 2.24) is 0 Å². The van der Waals surface area contributed by atoms with Crippen LogP contribution in [0.3, 0.4) is 0 Å². The Morgan fingerprint density at radius 2 is 1.79 bits per heavy atom. The third-order valence-corrected chi connectivity index (χ3v) is 6.07. The first kappa shape index (κ1) is 22.6. The van der Waals surface area contributed by atoms with E-state index < -0.39 is 5.97 Å². The van der Waals surface area contributed by atoms with Crippen molar-refractivity contribution < 1.29 is 14.3 Å². The van der Waals surface area contributed by atoms with Crippen molar-refractivity contribution in [2.24, 2.45) is 4.99 Å². The molecule has 1 aliphatic heterocycles. The van der Waals surface area contributed by atoms with E-state index in [4.69, 9.17) is 4.42 Å². The number of anilines is 1. The molecule has 5 heteroatoms. The van der Waals surface area contributed by atoms with Gasteiger partial charge >= 0.3 is 5.97 Å². The zero-order chi connectivity index (χ0) is 23.7. The second kappa shape index (κ2) is 9.10. The molecule has 4 rings (SSSR count). The number of benzene rings is 3. The molecule has 2 aromatic rings. The molecule has 170 valence electrons. The van der Waals surface area contributed by atoms with E-state index in [1.165, 1.54) is 0 Å². The van der Waals surface area contributed by atoms with Gasteiger partial charge in [0.2, 0.25) is 0 Å². The highest BCUT2D eigenvalue weighted by Gasteiger charge is 2.23. The topological polar surface area (TPSA) is 74.8 Å². The van der Waals surface area contributed by atoms with Gasteiger partial charge in [-0.05, 0) is 74.6 Å². The van der Waals surface area contributed by atoms with Gasteiger partial charge in [-0.2, -0.15) is 0 Å². The molecule has 1 aliphatic carbocycles. The summed E-state index contributed by atoms with van der Waals surface area (Å²) in [6, 6.07) is 13.8. The van der Waals surface area contributed by atoms with Gasteiger partial charge in [-0.1, -0.05) is 19.1 Å². The Hall–Kier alpha value is -3.60. The van der Waals surface area contributed by atoms with E-state index in [1.54, 1.807) is 6.07 Å². The minimum atomic E-state index is -0.940. The van der Waals surface area contributed by atoms with Crippen LogP contribution in [0.1, 0.15) is 47.8 Å². The van der Waals surface area contributed by atoms with Crippen LogP contribution >= 0.6 is 0 Å². The molecule has 5 nitrogen and oxygen atoms in total. The van der Waals surface area contributed by atoms with Gasteiger partial charge < -0.3 is 14.8 Å². The first-order chi connectivity index (χ1) is 15.9. The average molecular weight is 443 g/mol. The fourth-order valence-electron chi connectivity index (χ4n) is 4.40. The van der Waals surface area contributed by atoms with Crippen molar-refractivity contribution in [2.45, 2.75) is 41.0 Å². The number of aromatic carboxylic acids is 1. The van der Waals surface area contributed by atoms with Crippen LogP contribution in [0.2, 0.25) is 0 Å². The Bertz CT molecular complexity index is 1400. The average Bonchev–Trinajstić information content (AvgIpc) is 2.79. The van der Waals surface area contributed by atoms with Crippen LogP contribution in [0.5, 0.6) is 0 Å². The van der Waals surface area contributed by atoms with Gasteiger partial charge in [-0.25, -0.2) is 4.79 Å². The predicted molar refractivity (Wildman–Crippen MR) is 134 cm³/mol. The molecule has 2 aromatic carbocycles. The lowest BCUT2D eigenvalue weighted by Crippen LogP contribution is -2.10. The number of rotatable bonds is 6. The maximum Gasteiger partial charge on any atom is 0.336 e. The number of carbonyl (C=O) groups is 1. The molecule has 0 unspecified atom stereocenters. The standard InChI is InChI=1S/C28H30N2O3/c1-6-18-9-10-19(28(31)32)20(13-18)27-21-11-16(4)23(29-7-2)14-25(21)33-26-15-24(30-8-3)17(5)12-22(26)27/h9-15,29H,6-8H2,1-5H3,(H,31,32). The third kappa shape index (κ3) is 4.11. The van der Waals surface area contributed by atoms with E-state index in [0.717, 1.165) is 57.2 Å². The zero-order valence-corrected chi connectivity index (χ0v) is 19.9. The van der Waals surface area contributed by atoms with Crippen LogP contribution in [0, 0.1) is 13.8 Å². The van der Waals surface area contributed by atoms with E-state index in [9.17, 15) is 9.90 Å². The third-order valence-electron chi connectivity index (χ3n) is 6.07. The van der Waals surface area contributed by atoms with Crippen LogP contribution in [0.15, 0.2) is 51.9 Å². The summed E-state index contributed by atoms with van der Waals surface area (Å²) in [7, 11) is 0. The summed E-state index contributed by atoms with van der Waals surface area (Å²) in [5.41, 5.74) is 7.69. The molecule has 0 saturated carbocycles.